The zero-order chi connectivity index (χ0) is 12.2. The van der Waals surface area contributed by atoms with Gasteiger partial charge in [-0.1, -0.05) is 6.07 Å². The van der Waals surface area contributed by atoms with E-state index >= 15 is 0 Å². The smallest absolute Gasteiger partial charge is 0.179 e. The summed E-state index contributed by atoms with van der Waals surface area (Å²) in [4.78, 5) is 4.90. The molecule has 0 unspecified atom stereocenters. The van der Waals surface area contributed by atoms with Crippen LogP contribution in [0.1, 0.15) is 5.56 Å². The molecular weight excluding hydrogens is 230 g/mol. The van der Waals surface area contributed by atoms with Gasteiger partial charge < -0.3 is 9.57 Å². The molecule has 0 fully saturated rings. The van der Waals surface area contributed by atoms with Gasteiger partial charge in [-0.3, -0.25) is 0 Å². The number of hydrogen-bond donors (Lipinski definition) is 1. The number of hydrogen-bond acceptors (Lipinski definition) is 5. The second-order valence-electron chi connectivity index (χ2n) is 3.28. The number of benzene rings is 1. The zero-order valence-corrected chi connectivity index (χ0v) is 10.3. The Morgan fingerprint density at radius 3 is 2.50 bits per heavy atom. The van der Waals surface area contributed by atoms with Gasteiger partial charge in [0.2, 0.25) is 0 Å². The molecule has 0 aliphatic rings. The Hall–Kier alpha value is -1.11. The van der Waals surface area contributed by atoms with Crippen LogP contribution in [0, 0.1) is 0 Å². The van der Waals surface area contributed by atoms with Crippen LogP contribution < -0.4 is 10.2 Å². The molecule has 0 radical (unpaired) electrons. The summed E-state index contributed by atoms with van der Waals surface area (Å²) >= 11 is 0. The third-order valence-corrected chi connectivity index (χ3v) is 3.18. The third kappa shape index (κ3) is 3.19. The van der Waals surface area contributed by atoms with Crippen molar-refractivity contribution in [1.82, 2.24) is 5.48 Å². The fraction of sp³-hybridized carbons (Fsp3) is 0.400. The van der Waals surface area contributed by atoms with Crippen molar-refractivity contribution < 1.29 is 18.0 Å². The van der Waals surface area contributed by atoms with Gasteiger partial charge in [-0.15, -0.1) is 0 Å². The highest BCUT2D eigenvalue weighted by Gasteiger charge is 2.14. The molecule has 0 aromatic heterocycles. The lowest BCUT2D eigenvalue weighted by atomic mass is 10.2. The van der Waals surface area contributed by atoms with E-state index in [0.717, 1.165) is 11.8 Å². The summed E-state index contributed by atoms with van der Waals surface area (Å²) in [7, 11) is -0.302. The average Bonchev–Trinajstić information content (AvgIpc) is 2.24. The minimum atomic E-state index is -3.26. The molecule has 0 amide bonds. The first kappa shape index (κ1) is 13.0. The molecule has 0 saturated carbocycles. The van der Waals surface area contributed by atoms with Crippen molar-refractivity contribution in [3.8, 4) is 5.75 Å². The summed E-state index contributed by atoms with van der Waals surface area (Å²) in [5, 5.41) is 0. The third-order valence-electron chi connectivity index (χ3n) is 2.05. The van der Waals surface area contributed by atoms with Gasteiger partial charge in [0.15, 0.2) is 9.84 Å². The summed E-state index contributed by atoms with van der Waals surface area (Å²) < 4.78 is 27.9. The topological polar surface area (TPSA) is 64.6 Å². The number of nitrogens with one attached hydrogen (secondary N) is 1. The van der Waals surface area contributed by atoms with Crippen molar-refractivity contribution in [3.05, 3.63) is 23.8 Å². The number of sulfone groups is 1. The second-order valence-corrected chi connectivity index (χ2v) is 5.27. The summed E-state index contributed by atoms with van der Waals surface area (Å²) in [6, 6.07) is 4.91. The van der Waals surface area contributed by atoms with E-state index < -0.39 is 9.84 Å². The number of hydroxylamine groups is 1. The lowest BCUT2D eigenvalue weighted by molar-refractivity contribution is 0.0866. The largest absolute Gasteiger partial charge is 0.495 e. The van der Waals surface area contributed by atoms with Gasteiger partial charge in [-0.25, -0.2) is 8.42 Å². The molecule has 0 aliphatic carbocycles. The molecule has 0 spiro atoms. The summed E-state index contributed by atoms with van der Waals surface area (Å²) in [5.74, 6) is 0.345. The van der Waals surface area contributed by atoms with Crippen LogP contribution in [0.4, 0.5) is 0 Å². The molecule has 1 aromatic carbocycles. The van der Waals surface area contributed by atoms with Crippen LogP contribution in [0.15, 0.2) is 23.1 Å². The zero-order valence-electron chi connectivity index (χ0n) is 9.48. The SMILES string of the molecule is CONCc1ccc(S(C)(=O)=O)c(OC)c1. The summed E-state index contributed by atoms with van der Waals surface area (Å²) in [5.41, 5.74) is 3.55. The number of ether oxygens (including phenoxy) is 1. The van der Waals surface area contributed by atoms with Crippen molar-refractivity contribution >= 4 is 9.84 Å². The standard InChI is InChI=1S/C10H15NO4S/c1-14-9-6-8(7-11-15-2)4-5-10(9)16(3,12)13/h4-6,11H,7H2,1-3H3. The Morgan fingerprint density at radius 1 is 1.31 bits per heavy atom. The van der Waals surface area contributed by atoms with E-state index in [2.05, 4.69) is 5.48 Å². The first-order chi connectivity index (χ1) is 7.49. The van der Waals surface area contributed by atoms with Crippen LogP contribution in [0.5, 0.6) is 5.75 Å². The molecule has 16 heavy (non-hydrogen) atoms. The van der Waals surface area contributed by atoms with Crippen LogP contribution >= 0.6 is 0 Å². The monoisotopic (exact) mass is 245 g/mol. The molecule has 0 bridgehead atoms. The maximum absolute atomic E-state index is 11.4. The van der Waals surface area contributed by atoms with Gasteiger partial charge in [-0.2, -0.15) is 5.48 Å². The molecule has 90 valence electrons. The van der Waals surface area contributed by atoms with Crippen LogP contribution in [0.25, 0.3) is 0 Å². The Morgan fingerprint density at radius 2 is 2.00 bits per heavy atom. The average molecular weight is 245 g/mol. The predicted octanol–water partition coefficient (Wildman–Crippen LogP) is 0.750. The Labute approximate surface area is 95.2 Å². The van der Waals surface area contributed by atoms with Crippen molar-refractivity contribution in [3.63, 3.8) is 0 Å². The van der Waals surface area contributed by atoms with Gasteiger partial charge in [0.25, 0.3) is 0 Å². The van der Waals surface area contributed by atoms with Gasteiger partial charge in [0, 0.05) is 12.8 Å². The van der Waals surface area contributed by atoms with Crippen LogP contribution in [0.2, 0.25) is 0 Å². The van der Waals surface area contributed by atoms with Gasteiger partial charge in [0.1, 0.15) is 10.6 Å². The lowest BCUT2D eigenvalue weighted by Crippen LogP contribution is -2.11. The minimum Gasteiger partial charge on any atom is -0.495 e. The van der Waals surface area contributed by atoms with Gasteiger partial charge >= 0.3 is 0 Å². The highest BCUT2D eigenvalue weighted by Crippen LogP contribution is 2.24. The molecular formula is C10H15NO4S. The number of rotatable bonds is 5. The Balaban J connectivity index is 3.07. The predicted molar refractivity (Wildman–Crippen MR) is 60.0 cm³/mol. The lowest BCUT2D eigenvalue weighted by Gasteiger charge is -2.09. The molecule has 5 nitrogen and oxygen atoms in total. The van der Waals surface area contributed by atoms with Crippen molar-refractivity contribution in [2.75, 3.05) is 20.5 Å². The fourth-order valence-electron chi connectivity index (χ4n) is 1.28. The summed E-state index contributed by atoms with van der Waals surface area (Å²) in [6.45, 7) is 0.483. The quantitative estimate of drug-likeness (QED) is 0.775. The first-order valence-corrected chi connectivity index (χ1v) is 6.51. The first-order valence-electron chi connectivity index (χ1n) is 4.62. The van der Waals surface area contributed by atoms with E-state index in [9.17, 15) is 8.42 Å². The van der Waals surface area contributed by atoms with Gasteiger partial charge in [0.05, 0.1) is 14.2 Å². The molecule has 0 saturated heterocycles. The fourth-order valence-corrected chi connectivity index (χ4v) is 2.11. The van der Waals surface area contributed by atoms with Crippen molar-refractivity contribution in [1.29, 1.82) is 0 Å². The molecule has 0 atom stereocenters. The number of methoxy groups -OCH3 is 1. The van der Waals surface area contributed by atoms with Crippen molar-refractivity contribution in [2.24, 2.45) is 0 Å². The maximum Gasteiger partial charge on any atom is 0.179 e. The normalized spacial score (nSPS) is 11.4. The highest BCUT2D eigenvalue weighted by molar-refractivity contribution is 7.90. The van der Waals surface area contributed by atoms with E-state index in [1.807, 2.05) is 0 Å². The van der Waals surface area contributed by atoms with E-state index in [0.29, 0.717) is 12.3 Å². The van der Waals surface area contributed by atoms with E-state index in [1.54, 1.807) is 12.1 Å². The Kier molecular flexibility index (Phi) is 4.28. The second kappa shape index (κ2) is 5.29. The van der Waals surface area contributed by atoms with Crippen LogP contribution in [0.3, 0.4) is 0 Å². The molecule has 6 heteroatoms. The van der Waals surface area contributed by atoms with Crippen molar-refractivity contribution in [2.45, 2.75) is 11.4 Å². The summed E-state index contributed by atoms with van der Waals surface area (Å²) in [6.07, 6.45) is 1.15. The molecule has 1 aromatic rings. The minimum absolute atomic E-state index is 0.191. The molecule has 0 aliphatic heterocycles. The van der Waals surface area contributed by atoms with E-state index in [-0.39, 0.29) is 4.90 Å². The van der Waals surface area contributed by atoms with E-state index in [4.69, 9.17) is 9.57 Å². The van der Waals surface area contributed by atoms with E-state index in [1.165, 1.54) is 20.3 Å². The Bertz CT molecular complexity index is 456. The maximum atomic E-state index is 11.4. The molecule has 1 N–H and O–H groups in total. The molecule has 0 heterocycles. The van der Waals surface area contributed by atoms with Crippen LogP contribution in [-0.2, 0) is 21.2 Å². The van der Waals surface area contributed by atoms with Gasteiger partial charge in [-0.05, 0) is 17.7 Å². The highest BCUT2D eigenvalue weighted by atomic mass is 32.2. The molecule has 1 rings (SSSR count). The van der Waals surface area contributed by atoms with Crippen LogP contribution in [-0.4, -0.2) is 28.9 Å².